The van der Waals surface area contributed by atoms with Gasteiger partial charge >= 0.3 is 5.97 Å². The van der Waals surface area contributed by atoms with Crippen LogP contribution in [0.3, 0.4) is 0 Å². The van der Waals surface area contributed by atoms with Crippen molar-refractivity contribution in [3.05, 3.63) is 46.2 Å². The third kappa shape index (κ3) is 5.57. The molecule has 0 aliphatic heterocycles. The number of hydrogen-bond donors (Lipinski definition) is 2. The van der Waals surface area contributed by atoms with Gasteiger partial charge in [0.15, 0.2) is 6.61 Å². The van der Waals surface area contributed by atoms with Crippen molar-refractivity contribution in [1.29, 1.82) is 0 Å². The molecule has 0 unspecified atom stereocenters. The number of benzene rings is 1. The van der Waals surface area contributed by atoms with Crippen molar-refractivity contribution in [3.8, 4) is 0 Å². The number of ether oxygens (including phenoxy) is 1. The zero-order valence-corrected chi connectivity index (χ0v) is 17.8. The first-order valence-corrected chi connectivity index (χ1v) is 9.51. The normalized spacial score (nSPS) is 11.8. The molecule has 8 nitrogen and oxygen atoms in total. The maximum Gasteiger partial charge on any atom is 0.329 e. The van der Waals surface area contributed by atoms with Gasteiger partial charge in [-0.25, -0.2) is 4.79 Å². The highest BCUT2D eigenvalue weighted by atomic mass is 35.5. The van der Waals surface area contributed by atoms with Gasteiger partial charge in [-0.15, -0.1) is 0 Å². The number of rotatable bonds is 7. The summed E-state index contributed by atoms with van der Waals surface area (Å²) in [6, 6.07) is 5.61. The van der Waals surface area contributed by atoms with Crippen molar-refractivity contribution in [3.63, 3.8) is 0 Å². The molecule has 156 valence electrons. The third-order valence-electron chi connectivity index (χ3n) is 4.44. The van der Waals surface area contributed by atoms with Gasteiger partial charge in [-0.1, -0.05) is 37.6 Å². The second-order valence-corrected chi connectivity index (χ2v) is 7.41. The monoisotopic (exact) mass is 420 g/mol. The van der Waals surface area contributed by atoms with E-state index in [1.165, 1.54) is 0 Å². The summed E-state index contributed by atoms with van der Waals surface area (Å²) in [5, 5.41) is 9.81. The summed E-state index contributed by atoms with van der Waals surface area (Å²) in [7, 11) is 1.77. The van der Waals surface area contributed by atoms with Crippen LogP contribution in [0.15, 0.2) is 24.3 Å². The Morgan fingerprint density at radius 1 is 1.21 bits per heavy atom. The number of carbonyl (C=O) groups excluding carboxylic acids is 3. The van der Waals surface area contributed by atoms with E-state index in [9.17, 15) is 14.4 Å². The summed E-state index contributed by atoms with van der Waals surface area (Å²) in [5.41, 5.74) is 2.29. The Labute approximate surface area is 174 Å². The van der Waals surface area contributed by atoms with E-state index in [0.29, 0.717) is 11.4 Å². The molecule has 2 aromatic rings. The molecule has 0 saturated carbocycles. The zero-order chi connectivity index (χ0) is 21.7. The van der Waals surface area contributed by atoms with Crippen molar-refractivity contribution in [2.24, 2.45) is 13.0 Å². The second-order valence-electron chi connectivity index (χ2n) is 7.00. The van der Waals surface area contributed by atoms with Crippen molar-refractivity contribution < 1.29 is 19.1 Å². The fourth-order valence-electron chi connectivity index (χ4n) is 2.72. The standard InChI is InChI=1S/C20H25ClN4O4/c1-11(2)17(23-19(27)14-8-6-7-9-15(14)21)20(28)29-10-16(26)22-18-12(3)24-25(5)13(18)4/h6-9,11,17H,10H2,1-5H3,(H,22,26)(H,23,27)/t17-/m0/s1. The van der Waals surface area contributed by atoms with Crippen LogP contribution in [0, 0.1) is 19.8 Å². The SMILES string of the molecule is Cc1nn(C)c(C)c1NC(=O)COC(=O)[C@@H](NC(=O)c1ccccc1Cl)C(C)C. The molecule has 29 heavy (non-hydrogen) atoms. The van der Waals surface area contributed by atoms with E-state index in [-0.39, 0.29) is 16.5 Å². The van der Waals surface area contributed by atoms with Gasteiger partial charge in [0.05, 0.1) is 27.7 Å². The summed E-state index contributed by atoms with van der Waals surface area (Å²) < 4.78 is 6.78. The molecule has 0 aliphatic rings. The summed E-state index contributed by atoms with van der Waals surface area (Å²) in [6.07, 6.45) is 0. The van der Waals surface area contributed by atoms with E-state index >= 15 is 0 Å². The first-order chi connectivity index (χ1) is 13.6. The van der Waals surface area contributed by atoms with Crippen LogP contribution in [0.5, 0.6) is 0 Å². The Bertz CT molecular complexity index is 923. The zero-order valence-electron chi connectivity index (χ0n) is 17.1. The van der Waals surface area contributed by atoms with Gasteiger partial charge in [-0.2, -0.15) is 5.10 Å². The molecule has 9 heteroatoms. The molecule has 0 aliphatic carbocycles. The number of nitrogens with one attached hydrogen (secondary N) is 2. The van der Waals surface area contributed by atoms with E-state index in [1.807, 2.05) is 6.92 Å². The smallest absolute Gasteiger partial charge is 0.329 e. The van der Waals surface area contributed by atoms with Gasteiger partial charge in [-0.3, -0.25) is 14.3 Å². The Morgan fingerprint density at radius 3 is 2.41 bits per heavy atom. The maximum absolute atomic E-state index is 12.5. The second kappa shape index (κ2) is 9.56. The maximum atomic E-state index is 12.5. The van der Waals surface area contributed by atoms with Crippen molar-refractivity contribution >= 4 is 35.1 Å². The summed E-state index contributed by atoms with van der Waals surface area (Å²) in [5.74, 6) is -1.93. The van der Waals surface area contributed by atoms with Crippen LogP contribution < -0.4 is 10.6 Å². The molecule has 1 aromatic heterocycles. The number of anilines is 1. The highest BCUT2D eigenvalue weighted by Gasteiger charge is 2.27. The lowest BCUT2D eigenvalue weighted by molar-refractivity contribution is -0.150. The van der Waals surface area contributed by atoms with Gasteiger partial charge < -0.3 is 15.4 Å². The number of nitrogens with zero attached hydrogens (tertiary/aromatic N) is 2. The molecule has 2 N–H and O–H groups in total. The number of amides is 2. The molecule has 0 fully saturated rings. The van der Waals surface area contributed by atoms with Crippen LogP contribution in [0.25, 0.3) is 0 Å². The predicted octanol–water partition coefficient (Wildman–Crippen LogP) is 2.63. The lowest BCUT2D eigenvalue weighted by atomic mass is 10.0. The average molecular weight is 421 g/mol. The van der Waals surface area contributed by atoms with E-state index in [1.54, 1.807) is 56.8 Å². The van der Waals surface area contributed by atoms with Gasteiger partial charge in [-0.05, 0) is 31.9 Å². The first kappa shape index (κ1) is 22.4. The van der Waals surface area contributed by atoms with Crippen LogP contribution in [-0.2, 0) is 21.4 Å². The largest absolute Gasteiger partial charge is 0.454 e. The number of carbonyl (C=O) groups is 3. The van der Waals surface area contributed by atoms with E-state index in [2.05, 4.69) is 15.7 Å². The van der Waals surface area contributed by atoms with Crippen LogP contribution in [0.4, 0.5) is 5.69 Å². The van der Waals surface area contributed by atoms with E-state index in [4.69, 9.17) is 16.3 Å². The average Bonchev–Trinajstić information content (AvgIpc) is 2.90. The van der Waals surface area contributed by atoms with Crippen LogP contribution in [0.1, 0.15) is 35.6 Å². The fraction of sp³-hybridized carbons (Fsp3) is 0.400. The number of aryl methyl sites for hydroxylation is 2. The molecule has 1 heterocycles. The molecule has 0 saturated heterocycles. The molecule has 0 spiro atoms. The first-order valence-electron chi connectivity index (χ1n) is 9.13. The molecular weight excluding hydrogens is 396 g/mol. The fourth-order valence-corrected chi connectivity index (χ4v) is 2.94. The minimum atomic E-state index is -0.923. The highest BCUT2D eigenvalue weighted by molar-refractivity contribution is 6.33. The third-order valence-corrected chi connectivity index (χ3v) is 4.77. The Balaban J connectivity index is 1.98. The lowest BCUT2D eigenvalue weighted by Crippen LogP contribution is -2.46. The van der Waals surface area contributed by atoms with Crippen molar-refractivity contribution in [1.82, 2.24) is 15.1 Å². The topological polar surface area (TPSA) is 102 Å². The molecule has 1 aromatic carbocycles. The van der Waals surface area contributed by atoms with Crippen LogP contribution in [-0.4, -0.2) is 40.2 Å². The Kier molecular flexibility index (Phi) is 7.39. The Morgan fingerprint density at radius 2 is 1.86 bits per heavy atom. The number of esters is 1. The molecule has 2 amide bonds. The van der Waals surface area contributed by atoms with E-state index in [0.717, 1.165) is 5.69 Å². The summed E-state index contributed by atoms with van der Waals surface area (Å²) in [4.78, 5) is 37.1. The van der Waals surface area contributed by atoms with Crippen molar-refractivity contribution in [2.75, 3.05) is 11.9 Å². The van der Waals surface area contributed by atoms with E-state index < -0.39 is 30.4 Å². The number of aromatic nitrogens is 2. The minimum absolute atomic E-state index is 0.250. The highest BCUT2D eigenvalue weighted by Crippen LogP contribution is 2.18. The molecular formula is C20H25ClN4O4. The molecule has 2 rings (SSSR count). The summed E-state index contributed by atoms with van der Waals surface area (Å²) in [6.45, 7) is 6.65. The molecule has 0 bridgehead atoms. The van der Waals surface area contributed by atoms with Gasteiger partial charge in [0, 0.05) is 7.05 Å². The number of halogens is 1. The Hall–Kier alpha value is -2.87. The molecule has 0 radical (unpaired) electrons. The minimum Gasteiger partial charge on any atom is -0.454 e. The molecule has 1 atom stereocenters. The van der Waals surface area contributed by atoms with Crippen molar-refractivity contribution in [2.45, 2.75) is 33.7 Å². The van der Waals surface area contributed by atoms with Crippen LogP contribution >= 0.6 is 11.6 Å². The van der Waals surface area contributed by atoms with Gasteiger partial charge in [0.2, 0.25) is 0 Å². The number of hydrogen-bond acceptors (Lipinski definition) is 5. The summed E-state index contributed by atoms with van der Waals surface area (Å²) >= 11 is 6.03. The lowest BCUT2D eigenvalue weighted by Gasteiger charge is -2.21. The predicted molar refractivity (Wildman–Crippen MR) is 110 cm³/mol. The van der Waals surface area contributed by atoms with Gasteiger partial charge in [0.1, 0.15) is 6.04 Å². The van der Waals surface area contributed by atoms with Crippen LogP contribution in [0.2, 0.25) is 5.02 Å². The van der Waals surface area contributed by atoms with Gasteiger partial charge in [0.25, 0.3) is 11.8 Å². The quantitative estimate of drug-likeness (QED) is 0.670.